The molecule has 0 amide bonds. The molecule has 0 saturated carbocycles. The molecule has 16 heavy (non-hydrogen) atoms. The van der Waals surface area contributed by atoms with Crippen LogP contribution in [-0.4, -0.2) is 4.98 Å². The lowest BCUT2D eigenvalue weighted by atomic mass is 10.1. The van der Waals surface area contributed by atoms with E-state index in [0.717, 1.165) is 22.9 Å². The Morgan fingerprint density at radius 2 is 1.94 bits per heavy atom. The Morgan fingerprint density at radius 3 is 2.50 bits per heavy atom. The molecule has 0 bridgehead atoms. The van der Waals surface area contributed by atoms with Crippen LogP contribution >= 0.6 is 22.9 Å². The average molecular weight is 253 g/mol. The first-order chi connectivity index (χ1) is 7.78. The van der Waals surface area contributed by atoms with Crippen LogP contribution in [0.15, 0.2) is 29.6 Å². The molecule has 2 aromatic rings. The molecule has 0 aliphatic heterocycles. The van der Waals surface area contributed by atoms with Crippen molar-refractivity contribution in [1.82, 2.24) is 4.98 Å². The summed E-state index contributed by atoms with van der Waals surface area (Å²) in [4.78, 5) is 4.35. The van der Waals surface area contributed by atoms with Crippen LogP contribution in [0, 0.1) is 6.92 Å². The molecule has 1 N–H and O–H groups in total. The number of halogens is 1. The number of aryl methyl sites for hydroxylation is 1. The summed E-state index contributed by atoms with van der Waals surface area (Å²) >= 11 is 7.36. The topological polar surface area (TPSA) is 24.9 Å². The Bertz CT molecular complexity index is 450. The molecular weight excluding hydrogens is 240 g/mol. The van der Waals surface area contributed by atoms with Gasteiger partial charge in [-0.3, -0.25) is 0 Å². The van der Waals surface area contributed by atoms with Gasteiger partial charge in [0.05, 0.1) is 5.69 Å². The summed E-state index contributed by atoms with van der Waals surface area (Å²) in [6, 6.07) is 8.28. The van der Waals surface area contributed by atoms with Crippen molar-refractivity contribution in [3.63, 3.8) is 0 Å². The zero-order chi connectivity index (χ0) is 11.4. The molecule has 2 nitrogen and oxygen atoms in total. The van der Waals surface area contributed by atoms with Crippen LogP contribution in [0.5, 0.6) is 0 Å². The monoisotopic (exact) mass is 252 g/mol. The van der Waals surface area contributed by atoms with E-state index in [4.69, 9.17) is 11.6 Å². The summed E-state index contributed by atoms with van der Waals surface area (Å²) in [7, 11) is 0. The molecular formula is C12H13ClN2S. The molecule has 0 saturated heterocycles. The molecule has 1 aromatic carbocycles. The summed E-state index contributed by atoms with van der Waals surface area (Å²) in [5.74, 6) is 0.569. The summed E-state index contributed by atoms with van der Waals surface area (Å²) in [5.41, 5.74) is 3.45. The second-order valence-electron chi connectivity index (χ2n) is 3.60. The number of thiazole rings is 1. The lowest BCUT2D eigenvalue weighted by molar-refractivity contribution is 1.12. The van der Waals surface area contributed by atoms with Crippen molar-refractivity contribution < 1.29 is 0 Å². The molecule has 84 valence electrons. The van der Waals surface area contributed by atoms with Gasteiger partial charge >= 0.3 is 0 Å². The maximum atomic E-state index is 5.73. The van der Waals surface area contributed by atoms with Gasteiger partial charge in [-0.05, 0) is 18.1 Å². The van der Waals surface area contributed by atoms with E-state index < -0.39 is 0 Å². The maximum absolute atomic E-state index is 5.73. The smallest absolute Gasteiger partial charge is 0.183 e. The fraction of sp³-hybridized carbons (Fsp3) is 0.250. The Hall–Kier alpha value is -1.06. The molecule has 0 atom stereocenters. The standard InChI is InChI=1S/C12H13ClN2S/c1-9-8-16-12(15-9)14-7-11-4-2-10(6-13)3-5-11/h2-5,8H,6-7H2,1H3,(H,14,15). The number of nitrogens with one attached hydrogen (secondary N) is 1. The van der Waals surface area contributed by atoms with E-state index in [1.54, 1.807) is 11.3 Å². The molecule has 0 fully saturated rings. The minimum atomic E-state index is 0.569. The molecule has 4 heteroatoms. The van der Waals surface area contributed by atoms with Crippen molar-refractivity contribution in [2.24, 2.45) is 0 Å². The van der Waals surface area contributed by atoms with Crippen molar-refractivity contribution in [1.29, 1.82) is 0 Å². The zero-order valence-corrected chi connectivity index (χ0v) is 10.6. The van der Waals surface area contributed by atoms with E-state index in [1.165, 1.54) is 5.56 Å². The molecule has 0 aliphatic carbocycles. The number of hydrogen-bond donors (Lipinski definition) is 1. The minimum Gasteiger partial charge on any atom is -0.357 e. The number of hydrogen-bond acceptors (Lipinski definition) is 3. The largest absolute Gasteiger partial charge is 0.357 e. The lowest BCUT2D eigenvalue weighted by Gasteiger charge is -2.03. The number of alkyl halides is 1. The number of rotatable bonds is 4. The highest BCUT2D eigenvalue weighted by Crippen LogP contribution is 2.15. The number of benzene rings is 1. The van der Waals surface area contributed by atoms with Gasteiger partial charge in [0.1, 0.15) is 0 Å². The number of anilines is 1. The SMILES string of the molecule is Cc1csc(NCc2ccc(CCl)cc2)n1. The average Bonchev–Trinajstić information content (AvgIpc) is 2.73. The van der Waals surface area contributed by atoms with E-state index >= 15 is 0 Å². The third-order valence-corrected chi connectivity index (χ3v) is 3.47. The molecule has 0 spiro atoms. The van der Waals surface area contributed by atoms with Gasteiger partial charge in [0.15, 0.2) is 5.13 Å². The van der Waals surface area contributed by atoms with Crippen LogP contribution in [0.3, 0.4) is 0 Å². The van der Waals surface area contributed by atoms with Crippen molar-refractivity contribution in [2.45, 2.75) is 19.3 Å². The Labute approximate surface area is 104 Å². The Balaban J connectivity index is 1.94. The van der Waals surface area contributed by atoms with Gasteiger partial charge in [0.25, 0.3) is 0 Å². The van der Waals surface area contributed by atoms with Gasteiger partial charge in [0.2, 0.25) is 0 Å². The fourth-order valence-electron chi connectivity index (χ4n) is 1.36. The van der Waals surface area contributed by atoms with E-state index in [1.807, 2.05) is 12.3 Å². The second kappa shape index (κ2) is 5.32. The minimum absolute atomic E-state index is 0.569. The highest BCUT2D eigenvalue weighted by atomic mass is 35.5. The zero-order valence-electron chi connectivity index (χ0n) is 9.03. The van der Waals surface area contributed by atoms with E-state index in [2.05, 4.69) is 34.6 Å². The van der Waals surface area contributed by atoms with Gasteiger partial charge in [-0.2, -0.15) is 0 Å². The summed E-state index contributed by atoms with van der Waals surface area (Å²) in [5, 5.41) is 6.31. The van der Waals surface area contributed by atoms with Crippen LogP contribution in [-0.2, 0) is 12.4 Å². The summed E-state index contributed by atoms with van der Waals surface area (Å²) < 4.78 is 0. The third kappa shape index (κ3) is 2.97. The van der Waals surface area contributed by atoms with Gasteiger partial charge < -0.3 is 5.32 Å². The first-order valence-corrected chi connectivity index (χ1v) is 6.49. The molecule has 1 aromatic heterocycles. The molecule has 0 radical (unpaired) electrons. The normalized spacial score (nSPS) is 10.4. The van der Waals surface area contributed by atoms with Crippen LogP contribution in [0.4, 0.5) is 5.13 Å². The Kier molecular flexibility index (Phi) is 3.80. The van der Waals surface area contributed by atoms with E-state index in [9.17, 15) is 0 Å². The predicted molar refractivity (Wildman–Crippen MR) is 70.2 cm³/mol. The van der Waals surface area contributed by atoms with Crippen molar-refractivity contribution in [2.75, 3.05) is 5.32 Å². The third-order valence-electron chi connectivity index (χ3n) is 2.24. The molecule has 1 heterocycles. The highest BCUT2D eigenvalue weighted by molar-refractivity contribution is 7.13. The first kappa shape index (κ1) is 11.4. The highest BCUT2D eigenvalue weighted by Gasteiger charge is 1.98. The van der Waals surface area contributed by atoms with Crippen LogP contribution in [0.2, 0.25) is 0 Å². The van der Waals surface area contributed by atoms with Crippen molar-refractivity contribution >= 4 is 28.1 Å². The summed E-state index contributed by atoms with van der Waals surface area (Å²) in [6.45, 7) is 2.80. The van der Waals surface area contributed by atoms with Crippen molar-refractivity contribution in [3.05, 3.63) is 46.5 Å². The summed E-state index contributed by atoms with van der Waals surface area (Å²) in [6.07, 6.45) is 0. The predicted octanol–water partition coefficient (Wildman–Crippen LogP) is 3.80. The van der Waals surface area contributed by atoms with Gasteiger partial charge in [0, 0.05) is 17.8 Å². The van der Waals surface area contributed by atoms with Crippen molar-refractivity contribution in [3.8, 4) is 0 Å². The second-order valence-corrected chi connectivity index (χ2v) is 4.72. The van der Waals surface area contributed by atoms with E-state index in [0.29, 0.717) is 5.88 Å². The maximum Gasteiger partial charge on any atom is 0.183 e. The Morgan fingerprint density at radius 1 is 1.25 bits per heavy atom. The van der Waals surface area contributed by atoms with Gasteiger partial charge in [-0.15, -0.1) is 22.9 Å². The van der Waals surface area contributed by atoms with Gasteiger partial charge in [-0.25, -0.2) is 4.98 Å². The number of nitrogens with zero attached hydrogens (tertiary/aromatic N) is 1. The first-order valence-electron chi connectivity index (χ1n) is 5.08. The van der Waals surface area contributed by atoms with Crippen LogP contribution in [0.1, 0.15) is 16.8 Å². The molecule has 0 aliphatic rings. The van der Waals surface area contributed by atoms with E-state index in [-0.39, 0.29) is 0 Å². The quantitative estimate of drug-likeness (QED) is 0.838. The van der Waals surface area contributed by atoms with Crippen LogP contribution < -0.4 is 5.32 Å². The van der Waals surface area contributed by atoms with Gasteiger partial charge in [-0.1, -0.05) is 24.3 Å². The molecule has 0 unspecified atom stereocenters. The molecule has 2 rings (SSSR count). The number of aromatic nitrogens is 1. The lowest BCUT2D eigenvalue weighted by Crippen LogP contribution is -1.98. The fourth-order valence-corrected chi connectivity index (χ4v) is 2.22. The van der Waals surface area contributed by atoms with Crippen LogP contribution in [0.25, 0.3) is 0 Å².